The van der Waals surface area contributed by atoms with Crippen molar-refractivity contribution in [2.75, 3.05) is 42.3 Å². The molecule has 116 valence electrons. The summed E-state index contributed by atoms with van der Waals surface area (Å²) in [5, 5.41) is 2.64. The van der Waals surface area contributed by atoms with Crippen LogP contribution in [0.4, 0.5) is 0 Å². The summed E-state index contributed by atoms with van der Waals surface area (Å²) >= 11 is 0. The maximum atomic E-state index is 12.9. The summed E-state index contributed by atoms with van der Waals surface area (Å²) in [7, 11) is 12.2. The highest BCUT2D eigenvalue weighted by atomic mass is 16.2. The Bertz CT molecular complexity index is 364. The molecule has 1 heterocycles. The Kier molecular flexibility index (Phi) is 4.98. The van der Waals surface area contributed by atoms with Gasteiger partial charge in [0.25, 0.3) is 0 Å². The number of nitrogens with zero attached hydrogens (tertiary/aromatic N) is 2. The summed E-state index contributed by atoms with van der Waals surface area (Å²) < 4.78 is 1.02. The molecule has 1 aliphatic rings. The first-order chi connectivity index (χ1) is 9.02. The van der Waals surface area contributed by atoms with Crippen LogP contribution in [0, 0.1) is 0 Å². The predicted molar refractivity (Wildman–Crippen MR) is 79.6 cm³/mol. The number of hydrogen-bond acceptors (Lipinski definition) is 2. The third-order valence-corrected chi connectivity index (χ3v) is 4.52. The molecular formula is C15H31N3O2+2. The van der Waals surface area contributed by atoms with E-state index < -0.39 is 5.66 Å². The molecule has 5 heteroatoms. The van der Waals surface area contributed by atoms with Crippen LogP contribution in [0.1, 0.15) is 38.5 Å². The second-order valence-corrected chi connectivity index (χ2v) is 7.63. The number of carbonyl (C=O) groups excluding carboxylic acids is 2. The van der Waals surface area contributed by atoms with E-state index in [1.54, 1.807) is 0 Å². The minimum absolute atomic E-state index is 0.135. The fraction of sp³-hybridized carbons (Fsp3) is 0.867. The molecule has 0 aliphatic carbocycles. The van der Waals surface area contributed by atoms with Gasteiger partial charge in [-0.15, -0.1) is 0 Å². The van der Waals surface area contributed by atoms with Crippen molar-refractivity contribution in [1.29, 1.82) is 0 Å². The quantitative estimate of drug-likeness (QED) is 0.469. The minimum Gasteiger partial charge on any atom is -0.285 e. The first kappa shape index (κ1) is 17.1. The van der Waals surface area contributed by atoms with Crippen molar-refractivity contribution in [1.82, 2.24) is 5.32 Å². The number of likely N-dealkylation sites (N-methyl/N-ethyl adjacent to an activating group) is 2. The van der Waals surface area contributed by atoms with Crippen molar-refractivity contribution in [3.05, 3.63) is 0 Å². The monoisotopic (exact) mass is 285 g/mol. The molecule has 0 atom stereocenters. The fourth-order valence-electron chi connectivity index (χ4n) is 3.59. The first-order valence-electron chi connectivity index (χ1n) is 7.50. The molecule has 0 aromatic heterocycles. The van der Waals surface area contributed by atoms with Gasteiger partial charge in [0.05, 0.1) is 48.7 Å². The zero-order valence-corrected chi connectivity index (χ0v) is 14.0. The molecule has 2 amide bonds. The summed E-state index contributed by atoms with van der Waals surface area (Å²) in [6.07, 6.45) is 5.29. The topological polar surface area (TPSA) is 46.2 Å². The molecule has 1 fully saturated rings. The molecule has 20 heavy (non-hydrogen) atoms. The van der Waals surface area contributed by atoms with Crippen molar-refractivity contribution in [3.63, 3.8) is 0 Å². The second-order valence-electron chi connectivity index (χ2n) is 7.63. The largest absolute Gasteiger partial charge is 0.348 e. The Morgan fingerprint density at radius 2 is 1.35 bits per heavy atom. The Hall–Kier alpha value is -0.940. The van der Waals surface area contributed by atoms with Gasteiger partial charge in [0.2, 0.25) is 5.91 Å². The van der Waals surface area contributed by atoms with Crippen molar-refractivity contribution in [2.45, 2.75) is 44.2 Å². The van der Waals surface area contributed by atoms with Gasteiger partial charge < -0.3 is 0 Å². The number of nitrogens with one attached hydrogen (secondary N) is 1. The lowest BCUT2D eigenvalue weighted by molar-refractivity contribution is -1.11. The Morgan fingerprint density at radius 1 is 0.850 bits per heavy atom. The molecule has 1 saturated heterocycles. The number of carbonyl (C=O) groups is 2. The highest BCUT2D eigenvalue weighted by molar-refractivity contribution is 5.98. The van der Waals surface area contributed by atoms with Gasteiger partial charge in [-0.25, -0.2) is 0 Å². The average Bonchev–Trinajstić information content (AvgIpc) is 2.23. The standard InChI is InChI=1S/C15H30N3O2/c1-17(2,3)15(18(4,5)6)12-10-8-7-9-11-13(19)16-14(15)20/h7-12H2,1-6H3/q+1/p+1. The van der Waals surface area contributed by atoms with Gasteiger partial charge >= 0.3 is 11.6 Å². The molecule has 0 aromatic carbocycles. The normalized spacial score (nSPS) is 22.3. The molecule has 1 aliphatic heterocycles. The molecule has 0 spiro atoms. The summed E-state index contributed by atoms with van der Waals surface area (Å²) in [5.41, 5.74) is -0.646. The van der Waals surface area contributed by atoms with Crippen molar-refractivity contribution in [3.8, 4) is 0 Å². The van der Waals surface area contributed by atoms with Crippen LogP contribution in [0.3, 0.4) is 0 Å². The van der Waals surface area contributed by atoms with Crippen LogP contribution in [0.15, 0.2) is 0 Å². The predicted octanol–water partition coefficient (Wildman–Crippen LogP) is 1.09. The van der Waals surface area contributed by atoms with E-state index >= 15 is 0 Å². The average molecular weight is 285 g/mol. The molecule has 0 bridgehead atoms. The van der Waals surface area contributed by atoms with Gasteiger partial charge in [-0.2, -0.15) is 0 Å². The number of quaternary nitrogens is 2. The zero-order valence-electron chi connectivity index (χ0n) is 14.0. The van der Waals surface area contributed by atoms with Crippen LogP contribution < -0.4 is 5.32 Å². The first-order valence-corrected chi connectivity index (χ1v) is 7.50. The van der Waals surface area contributed by atoms with Gasteiger partial charge in [-0.1, -0.05) is 12.8 Å². The van der Waals surface area contributed by atoms with Gasteiger partial charge in [0.1, 0.15) is 0 Å². The van der Waals surface area contributed by atoms with E-state index in [0.29, 0.717) is 15.4 Å². The molecule has 0 aromatic rings. The zero-order chi connectivity index (χ0) is 15.6. The van der Waals surface area contributed by atoms with Gasteiger partial charge in [-0.05, 0) is 12.8 Å². The number of rotatable bonds is 2. The lowest BCUT2D eigenvalue weighted by Crippen LogP contribution is -2.78. The third-order valence-electron chi connectivity index (χ3n) is 4.52. The van der Waals surface area contributed by atoms with Crippen LogP contribution in [0.5, 0.6) is 0 Å². The van der Waals surface area contributed by atoms with Gasteiger partial charge in [-0.3, -0.25) is 23.9 Å². The van der Waals surface area contributed by atoms with E-state index in [2.05, 4.69) is 5.32 Å². The summed E-state index contributed by atoms with van der Waals surface area (Å²) in [6.45, 7) is 0. The van der Waals surface area contributed by atoms with Crippen molar-refractivity contribution in [2.24, 2.45) is 0 Å². The molecule has 5 nitrogen and oxygen atoms in total. The van der Waals surface area contributed by atoms with Crippen LogP contribution in [0.2, 0.25) is 0 Å². The van der Waals surface area contributed by atoms with Crippen LogP contribution in [-0.2, 0) is 9.59 Å². The lowest BCUT2D eigenvalue weighted by atomic mass is 9.92. The summed E-state index contributed by atoms with van der Waals surface area (Å²) in [5.74, 6) is -0.271. The SMILES string of the molecule is C[N+](C)(C)C1([N+](C)(C)C)CCCCCCC(=O)NC1=O. The summed E-state index contributed by atoms with van der Waals surface area (Å²) in [4.78, 5) is 24.8. The summed E-state index contributed by atoms with van der Waals surface area (Å²) in [6, 6.07) is 0. The Morgan fingerprint density at radius 3 is 1.85 bits per heavy atom. The van der Waals surface area contributed by atoms with Crippen LogP contribution in [0.25, 0.3) is 0 Å². The second kappa shape index (κ2) is 5.82. The van der Waals surface area contributed by atoms with E-state index in [1.807, 2.05) is 42.3 Å². The highest BCUT2D eigenvalue weighted by Gasteiger charge is 2.60. The lowest BCUT2D eigenvalue weighted by Gasteiger charge is -2.51. The molecule has 0 saturated carbocycles. The third kappa shape index (κ3) is 3.20. The minimum atomic E-state index is -0.646. The van der Waals surface area contributed by atoms with Gasteiger partial charge in [0.15, 0.2) is 0 Å². The number of amides is 2. The fourth-order valence-corrected chi connectivity index (χ4v) is 3.59. The molecular weight excluding hydrogens is 254 g/mol. The number of hydrogen-bond donors (Lipinski definition) is 1. The van der Waals surface area contributed by atoms with Crippen LogP contribution >= 0.6 is 0 Å². The molecule has 1 rings (SSSR count). The smallest absolute Gasteiger partial charge is 0.285 e. The van der Waals surface area contributed by atoms with Crippen LogP contribution in [-0.4, -0.2) is 68.7 Å². The van der Waals surface area contributed by atoms with E-state index in [0.717, 1.165) is 32.1 Å². The van der Waals surface area contributed by atoms with Crippen molar-refractivity contribution >= 4 is 11.8 Å². The van der Waals surface area contributed by atoms with E-state index in [-0.39, 0.29) is 11.8 Å². The molecule has 0 radical (unpaired) electrons. The Balaban J connectivity index is 3.26. The number of imide groups is 1. The Labute approximate surface area is 123 Å². The van der Waals surface area contributed by atoms with E-state index in [4.69, 9.17) is 0 Å². The van der Waals surface area contributed by atoms with E-state index in [9.17, 15) is 9.59 Å². The van der Waals surface area contributed by atoms with E-state index in [1.165, 1.54) is 0 Å². The maximum absolute atomic E-state index is 12.9. The highest BCUT2D eigenvalue weighted by Crippen LogP contribution is 2.33. The maximum Gasteiger partial charge on any atom is 0.348 e. The van der Waals surface area contributed by atoms with Gasteiger partial charge in [0, 0.05) is 6.42 Å². The molecule has 0 unspecified atom stereocenters. The van der Waals surface area contributed by atoms with Crippen molar-refractivity contribution < 1.29 is 18.6 Å². The molecule has 1 N–H and O–H groups in total.